The van der Waals surface area contributed by atoms with Crippen LogP contribution < -0.4 is 5.32 Å². The number of nitrogens with one attached hydrogen (secondary N) is 1. The summed E-state index contributed by atoms with van der Waals surface area (Å²) in [5, 5.41) is 11.5. The number of carboxylic acid groups (broad SMARTS) is 1. The number of carbonyl (C=O) groups is 2. The van der Waals surface area contributed by atoms with Crippen LogP contribution in [0, 0.1) is 0 Å². The van der Waals surface area contributed by atoms with Gasteiger partial charge >= 0.3 is 12.0 Å². The van der Waals surface area contributed by atoms with Crippen molar-refractivity contribution in [3.8, 4) is 0 Å². The van der Waals surface area contributed by atoms with Gasteiger partial charge in [-0.25, -0.2) is 9.78 Å². The van der Waals surface area contributed by atoms with Gasteiger partial charge in [0, 0.05) is 38.1 Å². The third kappa shape index (κ3) is 5.41. The smallest absolute Gasteiger partial charge is 0.317 e. The van der Waals surface area contributed by atoms with Gasteiger partial charge in [-0.2, -0.15) is 0 Å². The van der Waals surface area contributed by atoms with Gasteiger partial charge < -0.3 is 19.9 Å². The molecule has 0 aliphatic heterocycles. The Morgan fingerprint density at radius 3 is 2.79 bits per heavy atom. The van der Waals surface area contributed by atoms with E-state index >= 15 is 0 Å². The molecule has 1 unspecified atom stereocenters. The second kappa shape index (κ2) is 7.40. The van der Waals surface area contributed by atoms with Crippen molar-refractivity contribution >= 4 is 12.0 Å². The van der Waals surface area contributed by atoms with E-state index < -0.39 is 5.97 Å². The monoisotopic (exact) mass is 268 g/mol. The van der Waals surface area contributed by atoms with Gasteiger partial charge in [-0.3, -0.25) is 4.79 Å². The van der Waals surface area contributed by atoms with Gasteiger partial charge in [-0.1, -0.05) is 0 Å². The summed E-state index contributed by atoms with van der Waals surface area (Å²) in [5.74, 6) is -0.905. The second-order valence-electron chi connectivity index (χ2n) is 4.33. The molecular weight excluding hydrogens is 248 g/mol. The summed E-state index contributed by atoms with van der Waals surface area (Å²) in [6.45, 7) is 5.04. The van der Waals surface area contributed by atoms with E-state index in [2.05, 4.69) is 10.3 Å². The number of nitrogens with zero attached hydrogens (tertiary/aromatic N) is 3. The standard InChI is InChI=1S/C12H20N4O3/c1-3-16(6-4-11(17)18)12(19)14-10(2)8-15-7-5-13-9-15/h5,7,9-10H,3-4,6,8H2,1-2H3,(H,14,19)(H,17,18). The molecular formula is C12H20N4O3. The molecule has 0 aliphatic carbocycles. The molecule has 1 rings (SSSR count). The minimum atomic E-state index is -0.905. The largest absolute Gasteiger partial charge is 0.481 e. The molecule has 1 aromatic heterocycles. The number of amides is 2. The average Bonchev–Trinajstić information content (AvgIpc) is 2.81. The van der Waals surface area contributed by atoms with Crippen LogP contribution in [0.3, 0.4) is 0 Å². The summed E-state index contributed by atoms with van der Waals surface area (Å²) in [6.07, 6.45) is 5.15. The van der Waals surface area contributed by atoms with E-state index in [1.165, 1.54) is 4.90 Å². The quantitative estimate of drug-likeness (QED) is 0.765. The van der Waals surface area contributed by atoms with Crippen molar-refractivity contribution in [3.05, 3.63) is 18.7 Å². The first-order valence-corrected chi connectivity index (χ1v) is 6.26. The third-order valence-electron chi connectivity index (χ3n) is 2.68. The zero-order valence-electron chi connectivity index (χ0n) is 11.2. The van der Waals surface area contributed by atoms with Crippen LogP contribution in [0.1, 0.15) is 20.3 Å². The highest BCUT2D eigenvalue weighted by molar-refractivity contribution is 5.75. The lowest BCUT2D eigenvalue weighted by atomic mass is 10.3. The topological polar surface area (TPSA) is 87.5 Å². The molecule has 0 saturated heterocycles. The van der Waals surface area contributed by atoms with E-state index in [4.69, 9.17) is 5.11 Å². The maximum Gasteiger partial charge on any atom is 0.317 e. The molecule has 7 nitrogen and oxygen atoms in total. The molecule has 1 heterocycles. The number of rotatable bonds is 7. The lowest BCUT2D eigenvalue weighted by Gasteiger charge is -2.23. The van der Waals surface area contributed by atoms with Gasteiger partial charge in [-0.05, 0) is 13.8 Å². The van der Waals surface area contributed by atoms with Crippen LogP contribution in [0.5, 0.6) is 0 Å². The number of aromatic nitrogens is 2. The molecule has 1 aromatic rings. The molecule has 0 fully saturated rings. The molecule has 7 heteroatoms. The summed E-state index contributed by atoms with van der Waals surface area (Å²) in [4.78, 5) is 27.8. The zero-order chi connectivity index (χ0) is 14.3. The Morgan fingerprint density at radius 2 is 2.26 bits per heavy atom. The average molecular weight is 268 g/mol. The molecule has 19 heavy (non-hydrogen) atoms. The van der Waals surface area contributed by atoms with Crippen LogP contribution in [0.15, 0.2) is 18.7 Å². The molecule has 2 amide bonds. The van der Waals surface area contributed by atoms with E-state index in [1.807, 2.05) is 24.6 Å². The summed E-state index contributed by atoms with van der Waals surface area (Å²) in [5.41, 5.74) is 0. The highest BCUT2D eigenvalue weighted by Gasteiger charge is 2.15. The van der Waals surface area contributed by atoms with Crippen LogP contribution in [0.4, 0.5) is 4.79 Å². The molecule has 0 aromatic carbocycles. The van der Waals surface area contributed by atoms with Crippen molar-refractivity contribution in [3.63, 3.8) is 0 Å². The Balaban J connectivity index is 2.40. The van der Waals surface area contributed by atoms with Crippen molar-refractivity contribution < 1.29 is 14.7 Å². The van der Waals surface area contributed by atoms with E-state index in [-0.39, 0.29) is 25.0 Å². The molecule has 0 saturated carbocycles. The number of imidazole rings is 1. The van der Waals surface area contributed by atoms with Crippen molar-refractivity contribution in [2.45, 2.75) is 32.9 Å². The number of urea groups is 1. The van der Waals surface area contributed by atoms with Crippen LogP contribution in [-0.2, 0) is 11.3 Å². The van der Waals surface area contributed by atoms with Crippen LogP contribution in [-0.4, -0.2) is 50.7 Å². The van der Waals surface area contributed by atoms with Crippen molar-refractivity contribution in [1.29, 1.82) is 0 Å². The molecule has 2 N–H and O–H groups in total. The van der Waals surface area contributed by atoms with Crippen LogP contribution in [0.2, 0.25) is 0 Å². The first-order valence-electron chi connectivity index (χ1n) is 6.26. The number of carboxylic acids is 1. The van der Waals surface area contributed by atoms with Crippen LogP contribution in [0.25, 0.3) is 0 Å². The van der Waals surface area contributed by atoms with E-state index in [0.717, 1.165) is 0 Å². The Hall–Kier alpha value is -2.05. The lowest BCUT2D eigenvalue weighted by Crippen LogP contribution is -2.45. The Morgan fingerprint density at radius 1 is 1.53 bits per heavy atom. The van der Waals surface area contributed by atoms with Crippen molar-refractivity contribution in [2.75, 3.05) is 13.1 Å². The SMILES string of the molecule is CCN(CCC(=O)O)C(=O)NC(C)Cn1ccnc1. The number of hydrogen-bond acceptors (Lipinski definition) is 3. The Kier molecular flexibility index (Phi) is 5.84. The third-order valence-corrected chi connectivity index (χ3v) is 2.68. The molecule has 0 spiro atoms. The van der Waals surface area contributed by atoms with Gasteiger partial charge in [0.2, 0.25) is 0 Å². The fraction of sp³-hybridized carbons (Fsp3) is 0.583. The van der Waals surface area contributed by atoms with Crippen molar-refractivity contribution in [2.24, 2.45) is 0 Å². The minimum absolute atomic E-state index is 0.0445. The minimum Gasteiger partial charge on any atom is -0.481 e. The maximum absolute atomic E-state index is 11.9. The molecule has 0 aliphatic rings. The molecule has 1 atom stereocenters. The maximum atomic E-state index is 11.9. The highest BCUT2D eigenvalue weighted by atomic mass is 16.4. The number of hydrogen-bond donors (Lipinski definition) is 2. The normalized spacial score (nSPS) is 11.9. The lowest BCUT2D eigenvalue weighted by molar-refractivity contribution is -0.137. The Labute approximate surface area is 112 Å². The van der Waals surface area contributed by atoms with Gasteiger partial charge in [-0.15, -0.1) is 0 Å². The zero-order valence-corrected chi connectivity index (χ0v) is 11.2. The highest BCUT2D eigenvalue weighted by Crippen LogP contribution is 1.97. The predicted octanol–water partition coefficient (Wildman–Crippen LogP) is 0.778. The molecule has 0 bridgehead atoms. The van der Waals surface area contributed by atoms with Gasteiger partial charge in [0.25, 0.3) is 0 Å². The molecule has 106 valence electrons. The fourth-order valence-electron chi connectivity index (χ4n) is 1.69. The van der Waals surface area contributed by atoms with Gasteiger partial charge in [0.15, 0.2) is 0 Å². The summed E-state index contributed by atoms with van der Waals surface area (Å²) in [6, 6.07) is -0.294. The summed E-state index contributed by atoms with van der Waals surface area (Å²) in [7, 11) is 0. The first-order chi connectivity index (χ1) is 9.02. The number of aliphatic carboxylic acids is 1. The Bertz CT molecular complexity index is 405. The summed E-state index contributed by atoms with van der Waals surface area (Å²) >= 11 is 0. The van der Waals surface area contributed by atoms with Crippen molar-refractivity contribution in [1.82, 2.24) is 19.8 Å². The van der Waals surface area contributed by atoms with E-state index in [9.17, 15) is 9.59 Å². The fourth-order valence-corrected chi connectivity index (χ4v) is 1.69. The van der Waals surface area contributed by atoms with Crippen LogP contribution >= 0.6 is 0 Å². The van der Waals surface area contributed by atoms with Gasteiger partial charge in [0.05, 0.1) is 12.7 Å². The second-order valence-corrected chi connectivity index (χ2v) is 4.33. The van der Waals surface area contributed by atoms with Gasteiger partial charge in [0.1, 0.15) is 0 Å². The molecule has 0 radical (unpaired) electrons. The van der Waals surface area contributed by atoms with E-state index in [0.29, 0.717) is 13.1 Å². The predicted molar refractivity (Wildman–Crippen MR) is 69.7 cm³/mol. The number of carbonyl (C=O) groups excluding carboxylic acids is 1. The summed E-state index contributed by atoms with van der Waals surface area (Å²) < 4.78 is 1.87. The van der Waals surface area contributed by atoms with E-state index in [1.54, 1.807) is 12.5 Å². The first kappa shape index (κ1) is 15.0.